The predicted octanol–water partition coefficient (Wildman–Crippen LogP) is 10.2. The zero-order chi connectivity index (χ0) is 38.4. The van der Waals surface area contributed by atoms with Crippen LogP contribution in [0.15, 0.2) is 72.9 Å². The van der Waals surface area contributed by atoms with Crippen LogP contribution in [0.1, 0.15) is 84.0 Å². The molecule has 5 aromatic rings. The summed E-state index contributed by atoms with van der Waals surface area (Å²) in [6, 6.07) is 18.6. The number of rotatable bonds is 4. The van der Waals surface area contributed by atoms with Crippen molar-refractivity contribution >= 4 is 17.4 Å². The number of benzene rings is 3. The first-order chi connectivity index (χ1) is 25.7. The van der Waals surface area contributed by atoms with E-state index in [1.165, 1.54) is 24.3 Å². The van der Waals surface area contributed by atoms with E-state index in [9.17, 15) is 18.7 Å². The number of carboxylic acid groups (broad SMARTS) is 1. The second-order valence-electron chi connectivity index (χ2n) is 15.9. The molecular weight excluding hydrogens is 688 g/mol. The van der Waals surface area contributed by atoms with Crippen LogP contribution in [0.25, 0.3) is 39.2 Å². The Hall–Kier alpha value is -4.80. The van der Waals surface area contributed by atoms with E-state index < -0.39 is 17.7 Å². The van der Waals surface area contributed by atoms with Crippen molar-refractivity contribution in [1.29, 1.82) is 0 Å². The van der Waals surface area contributed by atoms with Gasteiger partial charge < -0.3 is 24.2 Å². The highest BCUT2D eigenvalue weighted by molar-refractivity contribution is 5.89. The summed E-state index contributed by atoms with van der Waals surface area (Å²) in [5.41, 5.74) is 4.86. The highest BCUT2D eigenvalue weighted by Crippen LogP contribution is 2.44. The summed E-state index contributed by atoms with van der Waals surface area (Å²) in [5.74, 6) is -0.575. The monoisotopic (exact) mass is 737 g/mol. The highest BCUT2D eigenvalue weighted by Gasteiger charge is 2.38. The maximum absolute atomic E-state index is 14.8. The SMILES string of the molecule is Cc1c([C@H](OC(C)(C)C)C(=O)O)c2n3cc(nc3c1-c1ccc(F)cc1)-c1cccc(c1)-c1cc(F)ccc1O[C@@H](C)CCCCOC1(C)CCN2CC1. The van der Waals surface area contributed by atoms with Crippen LogP contribution in [-0.2, 0) is 14.3 Å². The number of pyridine rings is 1. The summed E-state index contributed by atoms with van der Waals surface area (Å²) in [5, 5.41) is 10.8. The second kappa shape index (κ2) is 14.8. The first kappa shape index (κ1) is 37.5. The third kappa shape index (κ3) is 7.72. The molecule has 3 aromatic carbocycles. The molecule has 1 fully saturated rings. The molecule has 0 saturated carbocycles. The summed E-state index contributed by atoms with van der Waals surface area (Å²) >= 11 is 0. The fourth-order valence-corrected chi connectivity index (χ4v) is 7.78. The lowest BCUT2D eigenvalue weighted by atomic mass is 9.90. The van der Waals surface area contributed by atoms with Gasteiger partial charge in [-0.15, -0.1) is 0 Å². The molecule has 2 aromatic heterocycles. The Morgan fingerprint density at radius 1 is 0.981 bits per heavy atom. The predicted molar refractivity (Wildman–Crippen MR) is 207 cm³/mol. The largest absolute Gasteiger partial charge is 0.490 e. The fourth-order valence-electron chi connectivity index (χ4n) is 7.78. The number of carbonyl (C=O) groups is 1. The molecule has 0 spiro atoms. The number of fused-ring (bicyclic) bond motifs is 8. The van der Waals surface area contributed by atoms with Crippen LogP contribution in [-0.4, -0.2) is 57.5 Å². The van der Waals surface area contributed by atoms with Gasteiger partial charge in [0.05, 0.1) is 23.0 Å². The summed E-state index contributed by atoms with van der Waals surface area (Å²) in [7, 11) is 0. The Balaban J connectivity index is 1.51. The van der Waals surface area contributed by atoms with E-state index in [4.69, 9.17) is 19.2 Å². The zero-order valence-corrected chi connectivity index (χ0v) is 31.9. The van der Waals surface area contributed by atoms with Gasteiger partial charge in [0.2, 0.25) is 0 Å². The van der Waals surface area contributed by atoms with Gasteiger partial charge in [-0.3, -0.25) is 4.40 Å². The van der Waals surface area contributed by atoms with Gasteiger partial charge in [-0.1, -0.05) is 30.3 Å². The average molecular weight is 738 g/mol. The number of carboxylic acids is 1. The highest BCUT2D eigenvalue weighted by atomic mass is 19.1. The van der Waals surface area contributed by atoms with Crippen molar-refractivity contribution in [2.75, 3.05) is 24.6 Å². The summed E-state index contributed by atoms with van der Waals surface area (Å²) in [4.78, 5) is 20.7. The number of aliphatic carboxylic acids is 1. The number of anilines is 1. The van der Waals surface area contributed by atoms with Gasteiger partial charge in [0.25, 0.3) is 0 Å². The average Bonchev–Trinajstić information content (AvgIpc) is 3.56. The fraction of sp³-hybridized carbons (Fsp3) is 0.409. The first-order valence-electron chi connectivity index (χ1n) is 18.9. The van der Waals surface area contributed by atoms with Crippen LogP contribution in [0, 0.1) is 18.6 Å². The molecule has 8 nitrogen and oxygen atoms in total. The summed E-state index contributed by atoms with van der Waals surface area (Å²) < 4.78 is 50.5. The lowest BCUT2D eigenvalue weighted by molar-refractivity contribution is -0.160. The van der Waals surface area contributed by atoms with Gasteiger partial charge in [0.1, 0.15) is 28.8 Å². The molecule has 5 heterocycles. The molecule has 6 bridgehead atoms. The van der Waals surface area contributed by atoms with E-state index in [0.717, 1.165) is 43.2 Å². The Kier molecular flexibility index (Phi) is 10.3. The normalized spacial score (nSPS) is 20.1. The first-order valence-corrected chi connectivity index (χ1v) is 18.9. The maximum atomic E-state index is 14.8. The molecule has 10 heteroatoms. The molecule has 8 rings (SSSR count). The minimum absolute atomic E-state index is 0.0853. The zero-order valence-electron chi connectivity index (χ0n) is 31.9. The number of piperidine rings is 1. The Labute approximate surface area is 315 Å². The molecule has 1 saturated heterocycles. The standard InChI is InChI=1S/C44H49F2N3O5/c1-27-10-7-8-23-52-44(6)19-21-48(22-20-44)41-38(39(42(50)51)54-43(3,4)5)28(2)37(29-13-15-32(45)16-14-29)40-47-35(26-49(40)41)31-12-9-11-30(24-31)34-25-33(46)17-18-36(34)53-27/h9,11-18,24-27,39H,7-8,10,19-23H2,1-6H3,(H,50,51)/t27-,39-/m0/s1. The molecule has 54 heavy (non-hydrogen) atoms. The van der Waals surface area contributed by atoms with Crippen molar-refractivity contribution in [3.8, 4) is 39.3 Å². The Morgan fingerprint density at radius 3 is 2.39 bits per heavy atom. The van der Waals surface area contributed by atoms with E-state index in [1.807, 2.05) is 69.5 Å². The van der Waals surface area contributed by atoms with Crippen molar-refractivity contribution in [1.82, 2.24) is 9.38 Å². The van der Waals surface area contributed by atoms with E-state index >= 15 is 0 Å². The van der Waals surface area contributed by atoms with Gasteiger partial charge in [-0.05, 0) is 127 Å². The Morgan fingerprint density at radius 2 is 1.69 bits per heavy atom. The third-order valence-electron chi connectivity index (χ3n) is 10.6. The van der Waals surface area contributed by atoms with Crippen LogP contribution < -0.4 is 9.64 Å². The van der Waals surface area contributed by atoms with Crippen molar-refractivity contribution in [2.45, 2.75) is 97.1 Å². The molecule has 0 unspecified atom stereocenters. The molecule has 0 aliphatic carbocycles. The van der Waals surface area contributed by atoms with Crippen molar-refractivity contribution in [3.63, 3.8) is 0 Å². The molecule has 0 amide bonds. The van der Waals surface area contributed by atoms with E-state index in [2.05, 4.69) is 11.8 Å². The van der Waals surface area contributed by atoms with E-state index in [-0.39, 0.29) is 23.3 Å². The van der Waals surface area contributed by atoms with Crippen LogP contribution in [0.3, 0.4) is 0 Å². The number of imidazole rings is 1. The number of ether oxygens (including phenoxy) is 3. The van der Waals surface area contributed by atoms with Crippen molar-refractivity contribution in [2.24, 2.45) is 0 Å². The van der Waals surface area contributed by atoms with E-state index in [0.29, 0.717) is 70.4 Å². The van der Waals surface area contributed by atoms with Gasteiger partial charge in [-0.25, -0.2) is 18.6 Å². The molecule has 284 valence electrons. The smallest absolute Gasteiger partial charge is 0.337 e. The third-order valence-corrected chi connectivity index (χ3v) is 10.6. The van der Waals surface area contributed by atoms with Crippen LogP contribution in [0.2, 0.25) is 0 Å². The number of nitrogens with zero attached hydrogens (tertiary/aromatic N) is 3. The molecule has 3 aliphatic heterocycles. The van der Waals surface area contributed by atoms with Crippen molar-refractivity contribution < 1.29 is 32.9 Å². The summed E-state index contributed by atoms with van der Waals surface area (Å²) in [6.07, 6.45) is 4.63. The lowest BCUT2D eigenvalue weighted by Crippen LogP contribution is -2.45. The molecule has 0 radical (unpaired) electrons. The number of aromatic nitrogens is 2. The molecule has 1 N–H and O–H groups in total. The minimum Gasteiger partial charge on any atom is -0.490 e. The topological polar surface area (TPSA) is 85.5 Å². The summed E-state index contributed by atoms with van der Waals surface area (Å²) in [6.45, 7) is 13.5. The number of halogens is 2. The maximum Gasteiger partial charge on any atom is 0.337 e. The second-order valence-corrected chi connectivity index (χ2v) is 15.9. The molecule has 3 aliphatic rings. The molecule has 2 atom stereocenters. The van der Waals surface area contributed by atoms with Crippen LogP contribution >= 0.6 is 0 Å². The van der Waals surface area contributed by atoms with Gasteiger partial charge in [0, 0.05) is 48.1 Å². The van der Waals surface area contributed by atoms with Crippen LogP contribution in [0.5, 0.6) is 5.75 Å². The van der Waals surface area contributed by atoms with Gasteiger partial charge in [-0.2, -0.15) is 0 Å². The van der Waals surface area contributed by atoms with Crippen molar-refractivity contribution in [3.05, 3.63) is 95.7 Å². The molecular formula is C44H49F2N3O5. The van der Waals surface area contributed by atoms with Gasteiger partial charge >= 0.3 is 5.97 Å². The minimum atomic E-state index is -1.32. The lowest BCUT2D eigenvalue weighted by Gasteiger charge is -2.42. The number of hydrogen-bond acceptors (Lipinski definition) is 6. The van der Waals surface area contributed by atoms with Gasteiger partial charge in [0.15, 0.2) is 6.10 Å². The van der Waals surface area contributed by atoms with Crippen LogP contribution in [0.4, 0.5) is 14.6 Å². The van der Waals surface area contributed by atoms with E-state index in [1.54, 1.807) is 18.2 Å². The quantitative estimate of drug-likeness (QED) is 0.197. The number of hydrogen-bond donors (Lipinski definition) is 1. The Bertz CT molecular complexity index is 2170.